The molecule has 0 N–H and O–H groups in total. The number of nitrogens with zero attached hydrogens (tertiary/aromatic N) is 2. The van der Waals surface area contributed by atoms with Crippen LogP contribution in [0.2, 0.25) is 10.0 Å². The molecule has 1 saturated heterocycles. The van der Waals surface area contributed by atoms with Crippen molar-refractivity contribution in [1.29, 1.82) is 0 Å². The molecule has 1 fully saturated rings. The largest absolute Gasteiger partial charge is 0.489 e. The predicted octanol–water partition coefficient (Wildman–Crippen LogP) is 5.44. The number of anilines is 1. The smallest absolute Gasteiger partial charge is 0.346 e. The first kappa shape index (κ1) is 26.6. The molecule has 1 heterocycles. The van der Waals surface area contributed by atoms with Gasteiger partial charge in [-0.15, -0.1) is 11.6 Å². The molecule has 3 amide bonds. The van der Waals surface area contributed by atoms with Crippen LogP contribution in [0.15, 0.2) is 36.4 Å². The summed E-state index contributed by atoms with van der Waals surface area (Å²) in [5, 5.41) is 0.710. The van der Waals surface area contributed by atoms with Crippen LogP contribution in [-0.4, -0.2) is 48.9 Å². The Balaban J connectivity index is 1.95. The van der Waals surface area contributed by atoms with Crippen molar-refractivity contribution >= 4 is 62.5 Å². The second-order valence-electron chi connectivity index (χ2n) is 8.99. The van der Waals surface area contributed by atoms with Gasteiger partial charge in [0.2, 0.25) is 10.0 Å². The van der Waals surface area contributed by atoms with Crippen molar-refractivity contribution < 1.29 is 22.7 Å². The number of alkyl halides is 1. The van der Waals surface area contributed by atoms with E-state index in [0.29, 0.717) is 26.0 Å². The van der Waals surface area contributed by atoms with Gasteiger partial charge in [-0.3, -0.25) is 4.79 Å². The molecule has 2 aromatic rings. The number of rotatable bonds is 7. The number of hydrogen-bond acceptors (Lipinski definition) is 5. The number of urea groups is 1. The lowest BCUT2D eigenvalue weighted by Gasteiger charge is -2.28. The van der Waals surface area contributed by atoms with Crippen molar-refractivity contribution in [1.82, 2.24) is 4.31 Å². The molecule has 0 aliphatic carbocycles. The first-order valence-corrected chi connectivity index (χ1v) is 13.5. The zero-order valence-corrected chi connectivity index (χ0v) is 22.4. The molecule has 0 radical (unpaired) electrons. The highest BCUT2D eigenvalue weighted by atomic mass is 35.5. The zero-order valence-electron chi connectivity index (χ0n) is 19.4. The average Bonchev–Trinajstić information content (AvgIpc) is 2.91. The fraction of sp³-hybridized carbons (Fsp3) is 0.391. The summed E-state index contributed by atoms with van der Waals surface area (Å²) >= 11 is 18.5. The third kappa shape index (κ3) is 4.61. The van der Waals surface area contributed by atoms with Crippen LogP contribution < -0.4 is 9.64 Å². The van der Waals surface area contributed by atoms with E-state index >= 15 is 0 Å². The molecule has 3 rings (SSSR count). The SMILES string of the molecule is CC(C)(c1ccc(N2C(=O)N(S(C)(=O)=O)C(C)(C)C2=O)cc1)c1cc(Cl)c(OCCCl)c(Cl)c1. The van der Waals surface area contributed by atoms with Gasteiger partial charge in [-0.1, -0.05) is 49.2 Å². The van der Waals surface area contributed by atoms with Crippen LogP contribution in [-0.2, 0) is 20.2 Å². The minimum Gasteiger partial charge on any atom is -0.489 e. The Hall–Kier alpha value is -2.00. The van der Waals surface area contributed by atoms with E-state index in [4.69, 9.17) is 39.5 Å². The molecule has 11 heteroatoms. The number of sulfonamides is 1. The van der Waals surface area contributed by atoms with Gasteiger partial charge >= 0.3 is 6.03 Å². The first-order chi connectivity index (χ1) is 15.6. The minimum absolute atomic E-state index is 0.271. The maximum absolute atomic E-state index is 12.9. The molecule has 0 bridgehead atoms. The number of halogens is 3. The quantitative estimate of drug-likeness (QED) is 0.340. The lowest BCUT2D eigenvalue weighted by molar-refractivity contribution is -0.122. The van der Waals surface area contributed by atoms with Crippen molar-refractivity contribution in [2.24, 2.45) is 0 Å². The van der Waals surface area contributed by atoms with E-state index < -0.39 is 32.9 Å². The van der Waals surface area contributed by atoms with E-state index in [9.17, 15) is 18.0 Å². The molecule has 0 spiro atoms. The number of imide groups is 1. The molecule has 184 valence electrons. The van der Waals surface area contributed by atoms with Gasteiger partial charge in [0.25, 0.3) is 5.91 Å². The Morgan fingerprint density at radius 2 is 1.53 bits per heavy atom. The summed E-state index contributed by atoms with van der Waals surface area (Å²) in [6, 6.07) is 9.38. The molecule has 2 aromatic carbocycles. The van der Waals surface area contributed by atoms with Crippen LogP contribution in [0.25, 0.3) is 0 Å². The second-order valence-corrected chi connectivity index (χ2v) is 12.0. The topological polar surface area (TPSA) is 84.0 Å². The normalized spacial score (nSPS) is 16.4. The van der Waals surface area contributed by atoms with Gasteiger partial charge in [0.1, 0.15) is 12.1 Å². The van der Waals surface area contributed by atoms with E-state index in [1.165, 1.54) is 13.8 Å². The number of hydrogen-bond donors (Lipinski definition) is 0. The Morgan fingerprint density at radius 3 is 1.97 bits per heavy atom. The first-order valence-electron chi connectivity index (χ1n) is 10.3. The summed E-state index contributed by atoms with van der Waals surface area (Å²) in [5.41, 5.74) is -0.117. The maximum atomic E-state index is 12.9. The van der Waals surface area contributed by atoms with Crippen LogP contribution in [0.3, 0.4) is 0 Å². The highest BCUT2D eigenvalue weighted by Gasteiger charge is 2.56. The Kier molecular flexibility index (Phi) is 7.22. The Bertz CT molecular complexity index is 1220. The van der Waals surface area contributed by atoms with Crippen molar-refractivity contribution in [2.45, 2.75) is 38.6 Å². The second kappa shape index (κ2) is 9.22. The standard InChI is InChI=1S/C23H25Cl3N2O5S/c1-22(2,15-12-17(25)19(18(26)13-15)33-11-10-24)14-6-8-16(9-7-14)27-20(29)23(3,4)28(21(27)30)34(5,31)32/h6-9,12-13H,10-11H2,1-5H3. The van der Waals surface area contributed by atoms with Crippen LogP contribution in [0.4, 0.5) is 10.5 Å². The van der Waals surface area contributed by atoms with Crippen LogP contribution in [0.1, 0.15) is 38.8 Å². The Morgan fingerprint density at radius 1 is 1.00 bits per heavy atom. The predicted molar refractivity (Wildman–Crippen MR) is 135 cm³/mol. The monoisotopic (exact) mass is 546 g/mol. The van der Waals surface area contributed by atoms with Crippen LogP contribution in [0.5, 0.6) is 5.75 Å². The fourth-order valence-electron chi connectivity index (χ4n) is 3.95. The van der Waals surface area contributed by atoms with E-state index in [0.717, 1.165) is 22.3 Å². The molecule has 34 heavy (non-hydrogen) atoms. The molecule has 0 aromatic heterocycles. The molecule has 0 atom stereocenters. The van der Waals surface area contributed by atoms with Gasteiger partial charge < -0.3 is 4.74 Å². The lowest BCUT2D eigenvalue weighted by atomic mass is 9.78. The lowest BCUT2D eigenvalue weighted by Crippen LogP contribution is -2.47. The number of amides is 3. The summed E-state index contributed by atoms with van der Waals surface area (Å²) in [4.78, 5) is 26.7. The van der Waals surface area contributed by atoms with Crippen molar-refractivity contribution in [3.8, 4) is 5.75 Å². The van der Waals surface area contributed by atoms with E-state index in [-0.39, 0.29) is 12.3 Å². The van der Waals surface area contributed by atoms with Gasteiger partial charge in [0, 0.05) is 5.41 Å². The average molecular weight is 548 g/mol. The molecular weight excluding hydrogens is 523 g/mol. The summed E-state index contributed by atoms with van der Waals surface area (Å²) in [5.74, 6) is 0.0388. The Labute approximate surface area is 214 Å². The third-order valence-electron chi connectivity index (χ3n) is 5.82. The van der Waals surface area contributed by atoms with Gasteiger partial charge in [-0.25, -0.2) is 22.4 Å². The van der Waals surface area contributed by atoms with E-state index in [1.54, 1.807) is 36.4 Å². The molecule has 1 aliphatic heterocycles. The van der Waals surface area contributed by atoms with E-state index in [1.807, 2.05) is 13.8 Å². The summed E-state index contributed by atoms with van der Waals surface area (Å²) in [6.07, 6.45) is 0.900. The number of ether oxygens (including phenoxy) is 1. The molecule has 0 unspecified atom stereocenters. The zero-order chi connectivity index (χ0) is 25.6. The van der Waals surface area contributed by atoms with Crippen LogP contribution in [0, 0.1) is 0 Å². The van der Waals surface area contributed by atoms with Crippen LogP contribution >= 0.6 is 34.8 Å². The van der Waals surface area contributed by atoms with Crippen molar-refractivity contribution in [3.05, 3.63) is 57.6 Å². The van der Waals surface area contributed by atoms with Crippen molar-refractivity contribution in [3.63, 3.8) is 0 Å². The maximum Gasteiger partial charge on any atom is 0.346 e. The number of carbonyl (C=O) groups excluding carboxylic acids is 2. The van der Waals surface area contributed by atoms with Gasteiger partial charge in [-0.2, -0.15) is 0 Å². The third-order valence-corrected chi connectivity index (χ3v) is 7.81. The van der Waals surface area contributed by atoms with Gasteiger partial charge in [0.15, 0.2) is 5.75 Å². The molecule has 0 saturated carbocycles. The summed E-state index contributed by atoms with van der Waals surface area (Å²) in [6.45, 7) is 7.03. The molecule has 1 aliphatic rings. The number of carbonyl (C=O) groups is 2. The summed E-state index contributed by atoms with van der Waals surface area (Å²) in [7, 11) is -3.94. The summed E-state index contributed by atoms with van der Waals surface area (Å²) < 4.78 is 30.4. The van der Waals surface area contributed by atoms with Gasteiger partial charge in [-0.05, 0) is 49.2 Å². The van der Waals surface area contributed by atoms with Gasteiger partial charge in [0.05, 0.1) is 27.9 Å². The fourth-order valence-corrected chi connectivity index (χ4v) is 5.90. The number of benzene rings is 2. The van der Waals surface area contributed by atoms with E-state index in [2.05, 4.69) is 0 Å². The van der Waals surface area contributed by atoms with Crippen molar-refractivity contribution in [2.75, 3.05) is 23.6 Å². The minimum atomic E-state index is -3.94. The molecular formula is C23H25Cl3N2O5S. The highest BCUT2D eigenvalue weighted by molar-refractivity contribution is 7.89. The molecule has 7 nitrogen and oxygen atoms in total. The highest BCUT2D eigenvalue weighted by Crippen LogP contribution is 2.41.